The average molecular weight is 218 g/mol. The zero-order valence-electron chi connectivity index (χ0n) is 9.56. The molecule has 1 unspecified atom stereocenters. The van der Waals surface area contributed by atoms with Gasteiger partial charge in [0.05, 0.1) is 0 Å². The maximum Gasteiger partial charge on any atom is 0.138 e. The second kappa shape index (κ2) is 4.99. The van der Waals surface area contributed by atoms with Gasteiger partial charge in [-0.1, -0.05) is 19.4 Å². The third-order valence-corrected chi connectivity index (χ3v) is 2.70. The summed E-state index contributed by atoms with van der Waals surface area (Å²) in [7, 11) is 0. The third-order valence-electron chi connectivity index (χ3n) is 2.70. The Morgan fingerprint density at radius 1 is 1.50 bits per heavy atom. The van der Waals surface area contributed by atoms with Gasteiger partial charge in [0.1, 0.15) is 11.5 Å². The Morgan fingerprint density at radius 3 is 3.12 bits per heavy atom. The number of hydrogen-bond acceptors (Lipinski definition) is 3. The first-order chi connectivity index (χ1) is 7.85. The highest BCUT2D eigenvalue weighted by atomic mass is 15.1. The van der Waals surface area contributed by atoms with Crippen LogP contribution in [0.2, 0.25) is 0 Å². The highest BCUT2D eigenvalue weighted by Crippen LogP contribution is 2.13. The molecule has 86 valence electrons. The number of nitrogens with one attached hydrogen (secondary N) is 1. The number of anilines is 1. The summed E-state index contributed by atoms with van der Waals surface area (Å²) in [6, 6.07) is 6.37. The highest BCUT2D eigenvalue weighted by molar-refractivity contribution is 5.50. The molecule has 0 aromatic carbocycles. The van der Waals surface area contributed by atoms with Crippen LogP contribution >= 0.6 is 0 Å². The van der Waals surface area contributed by atoms with Crippen molar-refractivity contribution >= 4 is 11.5 Å². The van der Waals surface area contributed by atoms with Crippen LogP contribution in [0.5, 0.6) is 0 Å². The van der Waals surface area contributed by atoms with Crippen LogP contribution in [0.15, 0.2) is 30.6 Å². The van der Waals surface area contributed by atoms with E-state index in [1.165, 1.54) is 0 Å². The standard InChI is InChI=1S/C12H18N4/c1-2-4-10(9-13)15-12-6-3-5-11-14-7-8-16(11)12/h3,5-8,10,15H,2,4,9,13H2,1H3. The van der Waals surface area contributed by atoms with E-state index in [0.717, 1.165) is 24.3 Å². The first-order valence-electron chi connectivity index (χ1n) is 5.74. The minimum Gasteiger partial charge on any atom is -0.367 e. The van der Waals surface area contributed by atoms with Gasteiger partial charge in [-0.2, -0.15) is 0 Å². The molecule has 0 fully saturated rings. The number of aromatic nitrogens is 2. The number of nitrogens with two attached hydrogens (primary N) is 1. The second-order valence-corrected chi connectivity index (χ2v) is 3.93. The van der Waals surface area contributed by atoms with Gasteiger partial charge in [-0.05, 0) is 18.6 Å². The molecule has 2 heterocycles. The summed E-state index contributed by atoms with van der Waals surface area (Å²) in [5.74, 6) is 1.05. The van der Waals surface area contributed by atoms with E-state index in [1.807, 2.05) is 28.8 Å². The molecular formula is C12H18N4. The average Bonchev–Trinajstić information content (AvgIpc) is 2.77. The fraction of sp³-hybridized carbons (Fsp3) is 0.417. The van der Waals surface area contributed by atoms with Crippen LogP contribution < -0.4 is 11.1 Å². The van der Waals surface area contributed by atoms with E-state index in [-0.39, 0.29) is 0 Å². The lowest BCUT2D eigenvalue weighted by Crippen LogP contribution is -2.29. The van der Waals surface area contributed by atoms with Gasteiger partial charge >= 0.3 is 0 Å². The van der Waals surface area contributed by atoms with Crippen molar-refractivity contribution in [1.82, 2.24) is 9.38 Å². The van der Waals surface area contributed by atoms with Crippen LogP contribution in [0, 0.1) is 0 Å². The van der Waals surface area contributed by atoms with Crippen molar-refractivity contribution in [3.63, 3.8) is 0 Å². The monoisotopic (exact) mass is 218 g/mol. The van der Waals surface area contributed by atoms with Gasteiger partial charge in [-0.15, -0.1) is 0 Å². The summed E-state index contributed by atoms with van der Waals surface area (Å²) >= 11 is 0. The maximum absolute atomic E-state index is 5.74. The quantitative estimate of drug-likeness (QED) is 0.805. The lowest BCUT2D eigenvalue weighted by molar-refractivity contribution is 0.645. The maximum atomic E-state index is 5.74. The Balaban J connectivity index is 2.22. The van der Waals surface area contributed by atoms with Crippen molar-refractivity contribution in [2.24, 2.45) is 5.73 Å². The summed E-state index contributed by atoms with van der Waals surface area (Å²) < 4.78 is 2.04. The fourth-order valence-electron chi connectivity index (χ4n) is 1.87. The molecule has 0 spiro atoms. The molecule has 3 N–H and O–H groups in total. The molecule has 0 aliphatic rings. The zero-order valence-corrected chi connectivity index (χ0v) is 9.56. The van der Waals surface area contributed by atoms with Crippen LogP contribution in [0.4, 0.5) is 5.82 Å². The first kappa shape index (κ1) is 11.0. The number of fused-ring (bicyclic) bond motifs is 1. The summed E-state index contributed by atoms with van der Waals surface area (Å²) in [5.41, 5.74) is 6.69. The van der Waals surface area contributed by atoms with Gasteiger partial charge in [0.2, 0.25) is 0 Å². The normalized spacial score (nSPS) is 12.9. The Labute approximate surface area is 95.5 Å². The Morgan fingerprint density at radius 2 is 2.38 bits per heavy atom. The largest absolute Gasteiger partial charge is 0.367 e. The fourth-order valence-corrected chi connectivity index (χ4v) is 1.87. The molecule has 4 heteroatoms. The van der Waals surface area contributed by atoms with Gasteiger partial charge in [0.15, 0.2) is 0 Å². The molecule has 0 aliphatic heterocycles. The highest BCUT2D eigenvalue weighted by Gasteiger charge is 2.07. The molecule has 0 bridgehead atoms. The van der Waals surface area contributed by atoms with Crippen LogP contribution in [-0.2, 0) is 0 Å². The van der Waals surface area contributed by atoms with Gasteiger partial charge in [-0.25, -0.2) is 4.98 Å². The van der Waals surface area contributed by atoms with Gasteiger partial charge in [0, 0.05) is 25.0 Å². The molecular weight excluding hydrogens is 200 g/mol. The van der Waals surface area contributed by atoms with Crippen molar-refractivity contribution in [3.05, 3.63) is 30.6 Å². The molecule has 2 aromatic rings. The number of hydrogen-bond donors (Lipinski definition) is 2. The van der Waals surface area contributed by atoms with Gasteiger partial charge in [0.25, 0.3) is 0 Å². The van der Waals surface area contributed by atoms with Crippen molar-refractivity contribution in [2.75, 3.05) is 11.9 Å². The Hall–Kier alpha value is -1.55. The molecule has 4 nitrogen and oxygen atoms in total. The van der Waals surface area contributed by atoms with E-state index in [1.54, 1.807) is 6.20 Å². The minimum absolute atomic E-state index is 0.331. The van der Waals surface area contributed by atoms with Crippen LogP contribution in [0.3, 0.4) is 0 Å². The molecule has 0 radical (unpaired) electrons. The van der Waals surface area contributed by atoms with Crippen molar-refractivity contribution in [3.8, 4) is 0 Å². The molecule has 0 saturated carbocycles. The van der Waals surface area contributed by atoms with E-state index < -0.39 is 0 Å². The molecule has 0 aliphatic carbocycles. The van der Waals surface area contributed by atoms with Crippen molar-refractivity contribution < 1.29 is 0 Å². The summed E-state index contributed by atoms with van der Waals surface area (Å²) in [6.07, 6.45) is 5.98. The van der Waals surface area contributed by atoms with Crippen LogP contribution in [0.1, 0.15) is 19.8 Å². The predicted molar refractivity (Wildman–Crippen MR) is 66.6 cm³/mol. The predicted octanol–water partition coefficient (Wildman–Crippen LogP) is 1.87. The van der Waals surface area contributed by atoms with E-state index in [4.69, 9.17) is 5.73 Å². The number of nitrogens with zero attached hydrogens (tertiary/aromatic N) is 2. The SMILES string of the molecule is CCCC(CN)Nc1cccc2nccn12. The third kappa shape index (κ3) is 2.17. The topological polar surface area (TPSA) is 55.3 Å². The molecule has 2 rings (SSSR count). The number of pyridine rings is 1. The minimum atomic E-state index is 0.331. The molecule has 16 heavy (non-hydrogen) atoms. The Kier molecular flexibility index (Phi) is 3.41. The van der Waals surface area contributed by atoms with Crippen LogP contribution in [0.25, 0.3) is 5.65 Å². The molecule has 1 atom stereocenters. The summed E-state index contributed by atoms with van der Waals surface area (Å²) in [4.78, 5) is 4.25. The zero-order chi connectivity index (χ0) is 11.4. The number of imidazole rings is 1. The van der Waals surface area contributed by atoms with E-state index in [9.17, 15) is 0 Å². The van der Waals surface area contributed by atoms with Crippen LogP contribution in [-0.4, -0.2) is 22.0 Å². The lowest BCUT2D eigenvalue weighted by atomic mass is 10.1. The van der Waals surface area contributed by atoms with E-state index in [0.29, 0.717) is 12.6 Å². The Bertz CT molecular complexity index is 449. The van der Waals surface area contributed by atoms with E-state index in [2.05, 4.69) is 17.2 Å². The molecule has 2 aromatic heterocycles. The molecule has 0 saturated heterocycles. The van der Waals surface area contributed by atoms with Crippen molar-refractivity contribution in [1.29, 1.82) is 0 Å². The number of rotatable bonds is 5. The first-order valence-corrected chi connectivity index (χ1v) is 5.74. The van der Waals surface area contributed by atoms with Gasteiger partial charge < -0.3 is 11.1 Å². The van der Waals surface area contributed by atoms with Gasteiger partial charge in [-0.3, -0.25) is 4.40 Å². The lowest BCUT2D eigenvalue weighted by Gasteiger charge is -2.18. The van der Waals surface area contributed by atoms with E-state index >= 15 is 0 Å². The smallest absolute Gasteiger partial charge is 0.138 e. The van der Waals surface area contributed by atoms with Crippen molar-refractivity contribution in [2.45, 2.75) is 25.8 Å². The second-order valence-electron chi connectivity index (χ2n) is 3.93. The molecule has 0 amide bonds. The summed E-state index contributed by atoms with van der Waals surface area (Å²) in [6.45, 7) is 2.82. The summed E-state index contributed by atoms with van der Waals surface area (Å²) in [5, 5.41) is 3.46.